The van der Waals surface area contributed by atoms with Crippen LogP contribution in [-0.2, 0) is 4.79 Å². The molecule has 1 fully saturated rings. The average Bonchev–Trinajstić information content (AvgIpc) is 2.67. The monoisotopic (exact) mass is 414 g/mol. The maximum absolute atomic E-state index is 12.6. The van der Waals surface area contributed by atoms with Crippen molar-refractivity contribution in [3.8, 4) is 22.8 Å². The highest BCUT2D eigenvalue weighted by Crippen LogP contribution is 2.38. The standard InChI is InChI=1S/C22H19ClO6/c1-27-14-5-6-19(28-11-12-7-13(8-12)22(25)26)16(9-14)20-10-18(24)15-3-2-4-17(23)21(15)29-20/h2-6,9-10,12-13H,7-8,11H2,1H3,(H,25,26). The number of hydrogen-bond donors (Lipinski definition) is 1. The molecule has 1 saturated carbocycles. The van der Waals surface area contributed by atoms with Crippen molar-refractivity contribution in [3.63, 3.8) is 0 Å². The van der Waals surface area contributed by atoms with E-state index in [9.17, 15) is 9.59 Å². The van der Waals surface area contributed by atoms with Crippen molar-refractivity contribution in [3.05, 3.63) is 57.7 Å². The van der Waals surface area contributed by atoms with Crippen LogP contribution in [0.25, 0.3) is 22.3 Å². The predicted molar refractivity (Wildman–Crippen MR) is 109 cm³/mol. The lowest BCUT2D eigenvalue weighted by atomic mass is 9.75. The smallest absolute Gasteiger partial charge is 0.306 e. The van der Waals surface area contributed by atoms with Gasteiger partial charge in [-0.05, 0) is 49.1 Å². The number of aliphatic carboxylic acids is 1. The number of fused-ring (bicyclic) bond motifs is 1. The van der Waals surface area contributed by atoms with E-state index in [0.717, 1.165) is 0 Å². The molecule has 29 heavy (non-hydrogen) atoms. The lowest BCUT2D eigenvalue weighted by Crippen LogP contribution is -2.33. The highest BCUT2D eigenvalue weighted by molar-refractivity contribution is 6.34. The molecule has 1 N–H and O–H groups in total. The van der Waals surface area contributed by atoms with Crippen LogP contribution in [0.4, 0.5) is 0 Å². The van der Waals surface area contributed by atoms with Gasteiger partial charge in [0.1, 0.15) is 17.3 Å². The fourth-order valence-corrected chi connectivity index (χ4v) is 3.72. The molecular formula is C22H19ClO6. The predicted octanol–water partition coefficient (Wildman–Crippen LogP) is 4.61. The van der Waals surface area contributed by atoms with Crippen molar-refractivity contribution in [1.82, 2.24) is 0 Å². The Kier molecular flexibility index (Phi) is 5.20. The minimum atomic E-state index is -0.763. The van der Waals surface area contributed by atoms with Crippen LogP contribution in [0.1, 0.15) is 12.8 Å². The first-order chi connectivity index (χ1) is 14.0. The highest BCUT2D eigenvalue weighted by Gasteiger charge is 2.34. The summed E-state index contributed by atoms with van der Waals surface area (Å²) in [5.41, 5.74) is 0.673. The summed E-state index contributed by atoms with van der Waals surface area (Å²) in [7, 11) is 1.55. The molecule has 7 heteroatoms. The fraction of sp³-hybridized carbons (Fsp3) is 0.273. The van der Waals surface area contributed by atoms with Crippen LogP contribution in [0.2, 0.25) is 5.02 Å². The van der Waals surface area contributed by atoms with Crippen molar-refractivity contribution in [2.45, 2.75) is 12.8 Å². The SMILES string of the molecule is COc1ccc(OCC2CC(C(=O)O)C2)c(-c2cc(=O)c3cccc(Cl)c3o2)c1. The maximum Gasteiger partial charge on any atom is 0.306 e. The van der Waals surface area contributed by atoms with Gasteiger partial charge in [-0.3, -0.25) is 9.59 Å². The Bertz CT molecular complexity index is 1130. The van der Waals surface area contributed by atoms with Gasteiger partial charge in [0.2, 0.25) is 0 Å². The quantitative estimate of drug-likeness (QED) is 0.633. The van der Waals surface area contributed by atoms with Crippen molar-refractivity contribution in [2.75, 3.05) is 13.7 Å². The molecule has 1 aliphatic rings. The molecule has 1 aliphatic carbocycles. The second kappa shape index (κ2) is 7.79. The van der Waals surface area contributed by atoms with Gasteiger partial charge in [0.15, 0.2) is 11.0 Å². The van der Waals surface area contributed by atoms with Gasteiger partial charge in [-0.2, -0.15) is 0 Å². The van der Waals surface area contributed by atoms with Gasteiger partial charge in [-0.15, -0.1) is 0 Å². The van der Waals surface area contributed by atoms with Crippen molar-refractivity contribution in [2.24, 2.45) is 11.8 Å². The first-order valence-corrected chi connectivity index (χ1v) is 9.60. The summed E-state index contributed by atoms with van der Waals surface area (Å²) in [6.45, 7) is 0.391. The molecule has 0 spiro atoms. The number of para-hydroxylation sites is 1. The summed E-state index contributed by atoms with van der Waals surface area (Å²) >= 11 is 6.22. The Morgan fingerprint density at radius 2 is 2.03 bits per heavy atom. The fourth-order valence-electron chi connectivity index (χ4n) is 3.51. The summed E-state index contributed by atoms with van der Waals surface area (Å²) < 4.78 is 17.2. The molecule has 2 aromatic carbocycles. The molecule has 1 heterocycles. The molecule has 3 aromatic rings. The highest BCUT2D eigenvalue weighted by atomic mass is 35.5. The van der Waals surface area contributed by atoms with Gasteiger partial charge in [0.25, 0.3) is 0 Å². The summed E-state index contributed by atoms with van der Waals surface area (Å²) in [5, 5.41) is 9.77. The van der Waals surface area contributed by atoms with Crippen LogP contribution in [0.3, 0.4) is 0 Å². The number of hydrogen-bond acceptors (Lipinski definition) is 5. The Balaban J connectivity index is 1.67. The van der Waals surface area contributed by atoms with Crippen LogP contribution < -0.4 is 14.9 Å². The maximum atomic E-state index is 12.6. The minimum absolute atomic E-state index is 0.184. The molecule has 0 saturated heterocycles. The molecule has 150 valence electrons. The number of rotatable bonds is 6. The Labute approximate surface area is 171 Å². The number of carboxylic acids is 1. The summed E-state index contributed by atoms with van der Waals surface area (Å²) in [5.74, 6) is 0.564. The third-order valence-electron chi connectivity index (χ3n) is 5.22. The second-order valence-corrected chi connectivity index (χ2v) is 7.54. The molecule has 4 rings (SSSR count). The van der Waals surface area contributed by atoms with E-state index in [4.69, 9.17) is 30.6 Å². The number of carboxylic acid groups (broad SMARTS) is 1. The molecule has 0 aliphatic heterocycles. The normalized spacial score (nSPS) is 18.3. The lowest BCUT2D eigenvalue weighted by molar-refractivity contribution is -0.146. The Morgan fingerprint density at radius 1 is 1.24 bits per heavy atom. The van der Waals surface area contributed by atoms with Gasteiger partial charge < -0.3 is 19.0 Å². The first kappa shape index (κ1) is 19.3. The zero-order valence-corrected chi connectivity index (χ0v) is 16.4. The molecule has 0 amide bonds. The van der Waals surface area contributed by atoms with Crippen LogP contribution in [0.15, 0.2) is 51.7 Å². The van der Waals surface area contributed by atoms with Gasteiger partial charge >= 0.3 is 5.97 Å². The van der Waals surface area contributed by atoms with Crippen LogP contribution in [-0.4, -0.2) is 24.8 Å². The third-order valence-corrected chi connectivity index (χ3v) is 5.52. The molecular weight excluding hydrogens is 396 g/mol. The number of ether oxygens (including phenoxy) is 2. The van der Waals surface area contributed by atoms with Gasteiger partial charge in [0, 0.05) is 6.07 Å². The number of carbonyl (C=O) groups is 1. The molecule has 0 atom stereocenters. The van der Waals surface area contributed by atoms with Crippen LogP contribution in [0, 0.1) is 11.8 Å². The van der Waals surface area contributed by atoms with E-state index < -0.39 is 5.97 Å². The number of methoxy groups -OCH3 is 1. The van der Waals surface area contributed by atoms with E-state index >= 15 is 0 Å². The lowest BCUT2D eigenvalue weighted by Gasteiger charge is -2.32. The molecule has 1 aromatic heterocycles. The van der Waals surface area contributed by atoms with Crippen molar-refractivity contribution >= 4 is 28.5 Å². The van der Waals surface area contributed by atoms with E-state index in [0.29, 0.717) is 58.3 Å². The summed E-state index contributed by atoms with van der Waals surface area (Å²) in [4.78, 5) is 23.5. The average molecular weight is 415 g/mol. The largest absolute Gasteiger partial charge is 0.497 e. The van der Waals surface area contributed by atoms with E-state index in [1.54, 1.807) is 43.5 Å². The first-order valence-electron chi connectivity index (χ1n) is 9.22. The Morgan fingerprint density at radius 3 is 2.76 bits per heavy atom. The van der Waals surface area contributed by atoms with E-state index in [2.05, 4.69) is 0 Å². The number of halogens is 1. The Hall–Kier alpha value is -2.99. The number of benzene rings is 2. The van der Waals surface area contributed by atoms with Crippen molar-refractivity contribution in [1.29, 1.82) is 0 Å². The van der Waals surface area contributed by atoms with Crippen LogP contribution in [0.5, 0.6) is 11.5 Å². The van der Waals surface area contributed by atoms with Crippen LogP contribution >= 0.6 is 11.6 Å². The van der Waals surface area contributed by atoms with Gasteiger partial charge in [-0.1, -0.05) is 17.7 Å². The second-order valence-electron chi connectivity index (χ2n) is 7.14. The minimum Gasteiger partial charge on any atom is -0.497 e. The third kappa shape index (κ3) is 3.80. The molecule has 6 nitrogen and oxygen atoms in total. The van der Waals surface area contributed by atoms with Crippen molar-refractivity contribution < 1.29 is 23.8 Å². The molecule has 0 bridgehead atoms. The van der Waals surface area contributed by atoms with E-state index in [1.807, 2.05) is 0 Å². The van der Waals surface area contributed by atoms with Gasteiger partial charge in [0.05, 0.1) is 35.6 Å². The summed E-state index contributed by atoms with van der Waals surface area (Å²) in [6, 6.07) is 11.7. The zero-order valence-electron chi connectivity index (χ0n) is 15.7. The summed E-state index contributed by atoms with van der Waals surface area (Å²) in [6.07, 6.45) is 1.20. The molecule has 0 unspecified atom stereocenters. The van der Waals surface area contributed by atoms with Gasteiger partial charge in [-0.25, -0.2) is 0 Å². The van der Waals surface area contributed by atoms with E-state index in [1.165, 1.54) is 6.07 Å². The molecule has 0 radical (unpaired) electrons. The van der Waals surface area contributed by atoms with E-state index in [-0.39, 0.29) is 17.3 Å². The zero-order chi connectivity index (χ0) is 20.5. The topological polar surface area (TPSA) is 86.0 Å².